The largest absolute Gasteiger partial charge is 0.377 e. The zero-order valence-corrected chi connectivity index (χ0v) is 10.4. The van der Waals surface area contributed by atoms with E-state index in [1.54, 1.807) is 6.20 Å². The van der Waals surface area contributed by atoms with Crippen molar-refractivity contribution in [2.24, 2.45) is 0 Å². The van der Waals surface area contributed by atoms with Crippen molar-refractivity contribution in [3.8, 4) is 0 Å². The molecule has 16 heavy (non-hydrogen) atoms. The molecule has 0 aromatic carbocycles. The molecule has 1 rings (SSSR count). The molecule has 3 nitrogen and oxygen atoms in total. The normalized spacial score (nSPS) is 14.7. The van der Waals surface area contributed by atoms with Gasteiger partial charge in [0.05, 0.1) is 12.1 Å². The average Bonchev–Trinajstić information content (AvgIpc) is 2.31. The van der Waals surface area contributed by atoms with Gasteiger partial charge >= 0.3 is 0 Å². The van der Waals surface area contributed by atoms with Gasteiger partial charge in [0.15, 0.2) is 0 Å². The second-order valence-electron chi connectivity index (χ2n) is 3.88. The van der Waals surface area contributed by atoms with Gasteiger partial charge in [0, 0.05) is 19.0 Å². The van der Waals surface area contributed by atoms with Gasteiger partial charge in [-0.25, -0.2) is 0 Å². The Balaban J connectivity index is 2.70. The molecule has 90 valence electrons. The van der Waals surface area contributed by atoms with Crippen molar-refractivity contribution in [3.05, 3.63) is 30.1 Å². The summed E-state index contributed by atoms with van der Waals surface area (Å²) in [5, 5.41) is 3.51. The van der Waals surface area contributed by atoms with Crippen molar-refractivity contribution >= 4 is 0 Å². The van der Waals surface area contributed by atoms with E-state index in [2.05, 4.69) is 30.2 Å². The fourth-order valence-corrected chi connectivity index (χ4v) is 1.77. The fourth-order valence-electron chi connectivity index (χ4n) is 1.77. The lowest BCUT2D eigenvalue weighted by atomic mass is 10.0. The van der Waals surface area contributed by atoms with Crippen LogP contribution in [-0.2, 0) is 4.74 Å². The first kappa shape index (κ1) is 13.1. The lowest BCUT2D eigenvalue weighted by molar-refractivity contribution is 0.0472. The quantitative estimate of drug-likeness (QED) is 0.770. The third kappa shape index (κ3) is 3.91. The van der Waals surface area contributed by atoms with Gasteiger partial charge in [-0.05, 0) is 38.4 Å². The van der Waals surface area contributed by atoms with Gasteiger partial charge in [-0.2, -0.15) is 0 Å². The second-order valence-corrected chi connectivity index (χ2v) is 3.88. The Morgan fingerprint density at radius 3 is 2.81 bits per heavy atom. The average molecular weight is 222 g/mol. The summed E-state index contributed by atoms with van der Waals surface area (Å²) < 4.78 is 5.67. The molecule has 1 N–H and O–H groups in total. The highest BCUT2D eigenvalue weighted by molar-refractivity contribution is 5.15. The van der Waals surface area contributed by atoms with Crippen LogP contribution in [0, 0.1) is 0 Å². The SMILES string of the molecule is CCCNC(c1cccnc1)C(C)OCC. The standard InChI is InChI=1S/C13H22N2O/c1-4-8-15-13(11(3)16-5-2)12-7-6-9-14-10-12/h6-7,9-11,13,15H,4-5,8H2,1-3H3. The van der Waals surface area contributed by atoms with Crippen molar-refractivity contribution in [1.82, 2.24) is 10.3 Å². The highest BCUT2D eigenvalue weighted by Gasteiger charge is 2.18. The Morgan fingerprint density at radius 1 is 1.44 bits per heavy atom. The molecule has 0 aliphatic rings. The fraction of sp³-hybridized carbons (Fsp3) is 0.615. The van der Waals surface area contributed by atoms with E-state index in [4.69, 9.17) is 4.74 Å². The first-order valence-electron chi connectivity index (χ1n) is 6.04. The number of hydrogen-bond donors (Lipinski definition) is 1. The van der Waals surface area contributed by atoms with E-state index in [1.165, 1.54) is 5.56 Å². The van der Waals surface area contributed by atoms with Crippen LogP contribution in [0.2, 0.25) is 0 Å². The van der Waals surface area contributed by atoms with E-state index in [0.717, 1.165) is 19.6 Å². The Kier molecular flexibility index (Phi) is 6.04. The van der Waals surface area contributed by atoms with Crippen LogP contribution in [0.1, 0.15) is 38.8 Å². The zero-order valence-electron chi connectivity index (χ0n) is 10.4. The third-order valence-corrected chi connectivity index (χ3v) is 2.56. The predicted molar refractivity (Wildman–Crippen MR) is 66.4 cm³/mol. The number of ether oxygens (including phenoxy) is 1. The Labute approximate surface area is 98.2 Å². The summed E-state index contributed by atoms with van der Waals surface area (Å²) in [5.41, 5.74) is 1.19. The maximum atomic E-state index is 5.67. The Hall–Kier alpha value is -0.930. The maximum Gasteiger partial charge on any atom is 0.0742 e. The first-order chi connectivity index (χ1) is 7.79. The summed E-state index contributed by atoms with van der Waals surface area (Å²) in [6, 6.07) is 4.29. The number of nitrogens with one attached hydrogen (secondary N) is 1. The molecular weight excluding hydrogens is 200 g/mol. The Bertz CT molecular complexity index is 277. The Morgan fingerprint density at radius 2 is 2.25 bits per heavy atom. The highest BCUT2D eigenvalue weighted by atomic mass is 16.5. The van der Waals surface area contributed by atoms with Crippen molar-refractivity contribution < 1.29 is 4.74 Å². The minimum absolute atomic E-state index is 0.167. The van der Waals surface area contributed by atoms with E-state index < -0.39 is 0 Å². The van der Waals surface area contributed by atoms with Crippen LogP contribution in [0.4, 0.5) is 0 Å². The van der Waals surface area contributed by atoms with Gasteiger partial charge in [-0.15, -0.1) is 0 Å². The van der Waals surface area contributed by atoms with E-state index >= 15 is 0 Å². The number of hydrogen-bond acceptors (Lipinski definition) is 3. The number of nitrogens with zero attached hydrogens (tertiary/aromatic N) is 1. The second kappa shape index (κ2) is 7.36. The monoisotopic (exact) mass is 222 g/mol. The minimum atomic E-state index is 0.167. The van der Waals surface area contributed by atoms with Crippen molar-refractivity contribution in [2.45, 2.75) is 39.3 Å². The van der Waals surface area contributed by atoms with Crippen LogP contribution < -0.4 is 5.32 Å². The molecule has 1 aromatic rings. The van der Waals surface area contributed by atoms with E-state index in [-0.39, 0.29) is 12.1 Å². The molecule has 0 aliphatic carbocycles. The van der Waals surface area contributed by atoms with Crippen molar-refractivity contribution in [1.29, 1.82) is 0 Å². The number of rotatable bonds is 7. The zero-order chi connectivity index (χ0) is 11.8. The molecule has 1 heterocycles. The van der Waals surface area contributed by atoms with Gasteiger partial charge in [-0.3, -0.25) is 4.98 Å². The maximum absolute atomic E-state index is 5.67. The molecule has 0 saturated heterocycles. The lowest BCUT2D eigenvalue weighted by Gasteiger charge is -2.25. The molecule has 1 aromatic heterocycles. The number of pyridine rings is 1. The molecule has 0 radical (unpaired) electrons. The van der Waals surface area contributed by atoms with Crippen LogP contribution in [0.15, 0.2) is 24.5 Å². The molecule has 0 fully saturated rings. The topological polar surface area (TPSA) is 34.2 Å². The minimum Gasteiger partial charge on any atom is -0.377 e. The van der Waals surface area contributed by atoms with Gasteiger partial charge in [-0.1, -0.05) is 13.0 Å². The molecule has 0 saturated carbocycles. The molecule has 0 spiro atoms. The molecular formula is C13H22N2O. The summed E-state index contributed by atoms with van der Waals surface area (Å²) >= 11 is 0. The molecule has 3 heteroatoms. The van der Waals surface area contributed by atoms with Crippen LogP contribution >= 0.6 is 0 Å². The highest BCUT2D eigenvalue weighted by Crippen LogP contribution is 2.18. The third-order valence-electron chi connectivity index (χ3n) is 2.56. The lowest BCUT2D eigenvalue weighted by Crippen LogP contribution is -2.32. The molecule has 2 unspecified atom stereocenters. The van der Waals surface area contributed by atoms with Gasteiger partial charge in [0.1, 0.15) is 0 Å². The first-order valence-corrected chi connectivity index (χ1v) is 6.04. The summed E-state index contributed by atoms with van der Waals surface area (Å²) in [6.07, 6.45) is 4.99. The predicted octanol–water partition coefficient (Wildman–Crippen LogP) is 2.55. The van der Waals surface area contributed by atoms with E-state index in [9.17, 15) is 0 Å². The summed E-state index contributed by atoms with van der Waals surface area (Å²) in [5.74, 6) is 0. The van der Waals surface area contributed by atoms with Gasteiger partial charge < -0.3 is 10.1 Å². The number of aromatic nitrogens is 1. The molecule has 2 atom stereocenters. The summed E-state index contributed by atoms with van der Waals surface area (Å²) in [4.78, 5) is 4.16. The van der Waals surface area contributed by atoms with E-state index in [1.807, 2.05) is 19.2 Å². The smallest absolute Gasteiger partial charge is 0.0742 e. The van der Waals surface area contributed by atoms with E-state index in [0.29, 0.717) is 0 Å². The summed E-state index contributed by atoms with van der Waals surface area (Å²) in [7, 11) is 0. The van der Waals surface area contributed by atoms with Crippen LogP contribution in [0.25, 0.3) is 0 Å². The van der Waals surface area contributed by atoms with Crippen LogP contribution in [-0.4, -0.2) is 24.2 Å². The van der Waals surface area contributed by atoms with Crippen molar-refractivity contribution in [3.63, 3.8) is 0 Å². The van der Waals surface area contributed by atoms with Gasteiger partial charge in [0.25, 0.3) is 0 Å². The summed E-state index contributed by atoms with van der Waals surface area (Å²) in [6.45, 7) is 8.03. The molecule has 0 aliphatic heterocycles. The van der Waals surface area contributed by atoms with Gasteiger partial charge in [0.2, 0.25) is 0 Å². The van der Waals surface area contributed by atoms with Crippen molar-refractivity contribution in [2.75, 3.05) is 13.2 Å². The molecule has 0 amide bonds. The van der Waals surface area contributed by atoms with Crippen LogP contribution in [0.5, 0.6) is 0 Å². The van der Waals surface area contributed by atoms with Crippen LogP contribution in [0.3, 0.4) is 0 Å². The molecule has 0 bridgehead atoms.